The third-order valence-corrected chi connectivity index (χ3v) is 8.79. The second-order valence-corrected chi connectivity index (χ2v) is 12.0. The summed E-state index contributed by atoms with van der Waals surface area (Å²) in [6, 6.07) is 7.69. The number of unbranched alkanes of at least 4 members (excludes halogenated alkanes) is 1. The van der Waals surface area contributed by atoms with Crippen molar-refractivity contribution in [2.45, 2.75) is 83.6 Å². The standard InChI is InChI=1S/C33H39F6NO4/c1-4-5-17-43-30(41)20(2)29(22-9-10-22)24-7-6-8-26(18-24)44-31(42)23-13-15-40(16-14-23)21(3)27-19-25(32(34,35)36)11-12-28(27)33(37,38)39/h6-8,11-12,18-23,29H,4-5,9-10,13-17H2,1-3H3/t20-,21?,29-/m0/s1. The Hall–Kier alpha value is -3.08. The number of piperidine rings is 1. The first-order chi connectivity index (χ1) is 20.7. The first-order valence-electron chi connectivity index (χ1n) is 15.2. The van der Waals surface area contributed by atoms with Crippen LogP contribution in [0.5, 0.6) is 5.75 Å². The van der Waals surface area contributed by atoms with Gasteiger partial charge in [0.2, 0.25) is 0 Å². The largest absolute Gasteiger partial charge is 0.465 e. The van der Waals surface area contributed by atoms with Crippen molar-refractivity contribution in [2.75, 3.05) is 19.7 Å². The zero-order valence-electron chi connectivity index (χ0n) is 25.1. The van der Waals surface area contributed by atoms with Gasteiger partial charge < -0.3 is 9.47 Å². The third kappa shape index (κ3) is 8.34. The SMILES string of the molecule is CCCCOC(=O)[C@@H](C)[C@H](c1cccc(OC(=O)C2CCN(C(C)c3cc(C(F)(F)F)ccc3C(F)(F)F)CC2)c1)C1CC1. The molecule has 0 radical (unpaired) electrons. The normalized spacial score (nSPS) is 18.8. The van der Waals surface area contributed by atoms with Gasteiger partial charge in [-0.15, -0.1) is 0 Å². The van der Waals surface area contributed by atoms with E-state index < -0.39 is 47.0 Å². The highest BCUT2D eigenvalue weighted by atomic mass is 19.4. The molecular formula is C33H39F6NO4. The van der Waals surface area contributed by atoms with Crippen molar-refractivity contribution in [1.29, 1.82) is 0 Å². The van der Waals surface area contributed by atoms with E-state index in [2.05, 4.69) is 0 Å². The number of alkyl halides is 6. The average molecular weight is 628 g/mol. The summed E-state index contributed by atoms with van der Waals surface area (Å²) in [6.07, 6.45) is -5.28. The van der Waals surface area contributed by atoms with Gasteiger partial charge in [0.05, 0.1) is 29.6 Å². The summed E-state index contributed by atoms with van der Waals surface area (Å²) in [5.41, 5.74) is -1.80. The maximum Gasteiger partial charge on any atom is 0.416 e. The predicted octanol–water partition coefficient (Wildman–Crippen LogP) is 8.58. The highest BCUT2D eigenvalue weighted by Gasteiger charge is 2.41. The molecule has 0 N–H and O–H groups in total. The van der Waals surface area contributed by atoms with Crippen molar-refractivity contribution < 1.29 is 45.4 Å². The van der Waals surface area contributed by atoms with Gasteiger partial charge in [0.1, 0.15) is 5.75 Å². The summed E-state index contributed by atoms with van der Waals surface area (Å²) in [5, 5.41) is 0. The fourth-order valence-corrected chi connectivity index (χ4v) is 6.07. The van der Waals surface area contributed by atoms with Crippen molar-refractivity contribution >= 4 is 11.9 Å². The molecule has 0 spiro atoms. The van der Waals surface area contributed by atoms with Crippen molar-refractivity contribution in [3.8, 4) is 5.75 Å². The Balaban J connectivity index is 1.40. The van der Waals surface area contributed by atoms with Gasteiger partial charge in [-0.25, -0.2) is 0 Å². The number of likely N-dealkylation sites (tertiary alicyclic amines) is 1. The molecule has 3 atom stereocenters. The Labute approximate surface area is 253 Å². The van der Waals surface area contributed by atoms with E-state index in [0.29, 0.717) is 36.5 Å². The Kier molecular flexibility index (Phi) is 10.7. The molecule has 1 aliphatic heterocycles. The second-order valence-electron chi connectivity index (χ2n) is 12.0. The van der Waals surface area contributed by atoms with E-state index in [0.717, 1.165) is 31.2 Å². The number of hydrogen-bond donors (Lipinski definition) is 0. The molecule has 0 aromatic heterocycles. The zero-order chi connectivity index (χ0) is 32.2. The topological polar surface area (TPSA) is 55.8 Å². The molecule has 242 valence electrons. The van der Waals surface area contributed by atoms with Gasteiger partial charge in [-0.2, -0.15) is 26.3 Å². The van der Waals surface area contributed by atoms with Gasteiger partial charge in [-0.3, -0.25) is 14.5 Å². The highest BCUT2D eigenvalue weighted by Crippen LogP contribution is 2.47. The highest BCUT2D eigenvalue weighted by molar-refractivity contribution is 5.75. The van der Waals surface area contributed by atoms with Crippen molar-refractivity contribution in [3.63, 3.8) is 0 Å². The molecule has 1 saturated heterocycles. The molecule has 44 heavy (non-hydrogen) atoms. The molecule has 11 heteroatoms. The van der Waals surface area contributed by atoms with Gasteiger partial charge in [0.25, 0.3) is 0 Å². The van der Waals surface area contributed by atoms with Crippen LogP contribution in [0.2, 0.25) is 0 Å². The summed E-state index contributed by atoms with van der Waals surface area (Å²) in [7, 11) is 0. The van der Waals surface area contributed by atoms with Crippen molar-refractivity contribution in [3.05, 3.63) is 64.7 Å². The van der Waals surface area contributed by atoms with Gasteiger partial charge >= 0.3 is 24.3 Å². The fraction of sp³-hybridized carbons (Fsp3) is 0.576. The van der Waals surface area contributed by atoms with Crippen LogP contribution in [-0.2, 0) is 26.7 Å². The van der Waals surface area contributed by atoms with Crippen LogP contribution >= 0.6 is 0 Å². The molecule has 5 nitrogen and oxygen atoms in total. The molecule has 2 aromatic rings. The van der Waals surface area contributed by atoms with Crippen LogP contribution in [0.1, 0.15) is 93.5 Å². The number of hydrogen-bond acceptors (Lipinski definition) is 5. The van der Waals surface area contributed by atoms with E-state index in [1.54, 1.807) is 23.1 Å². The Morgan fingerprint density at radius 1 is 0.932 bits per heavy atom. The molecule has 2 aliphatic rings. The predicted molar refractivity (Wildman–Crippen MR) is 152 cm³/mol. The maximum absolute atomic E-state index is 13.7. The van der Waals surface area contributed by atoms with Crippen molar-refractivity contribution in [1.82, 2.24) is 4.90 Å². The summed E-state index contributed by atoms with van der Waals surface area (Å²) in [4.78, 5) is 27.5. The van der Waals surface area contributed by atoms with Crippen LogP contribution in [0.4, 0.5) is 26.3 Å². The van der Waals surface area contributed by atoms with Gasteiger partial charge in [0.15, 0.2) is 0 Å². The summed E-state index contributed by atoms with van der Waals surface area (Å²) in [5.74, 6) is -0.964. The molecule has 1 heterocycles. The Morgan fingerprint density at radius 3 is 2.20 bits per heavy atom. The number of ether oxygens (including phenoxy) is 2. The minimum absolute atomic E-state index is 0.0649. The van der Waals surface area contributed by atoms with E-state index in [1.165, 1.54) is 6.92 Å². The lowest BCUT2D eigenvalue weighted by Gasteiger charge is -2.36. The fourth-order valence-electron chi connectivity index (χ4n) is 6.07. The smallest absolute Gasteiger partial charge is 0.416 e. The molecule has 1 saturated carbocycles. The Bertz CT molecular complexity index is 1300. The van der Waals surface area contributed by atoms with Gasteiger partial charge in [-0.1, -0.05) is 32.4 Å². The molecule has 0 amide bonds. The number of benzene rings is 2. The van der Waals surface area contributed by atoms with E-state index >= 15 is 0 Å². The van der Waals surface area contributed by atoms with Crippen LogP contribution in [0.15, 0.2) is 42.5 Å². The quantitative estimate of drug-likeness (QED) is 0.108. The lowest BCUT2D eigenvalue weighted by atomic mass is 9.83. The molecule has 2 fully saturated rings. The lowest BCUT2D eigenvalue weighted by molar-refractivity contribution is -0.149. The Morgan fingerprint density at radius 2 is 1.61 bits per heavy atom. The van der Waals surface area contributed by atoms with E-state index in [9.17, 15) is 35.9 Å². The van der Waals surface area contributed by atoms with Crippen LogP contribution in [0, 0.1) is 17.8 Å². The van der Waals surface area contributed by atoms with Gasteiger partial charge in [-0.05, 0) is 105 Å². The summed E-state index contributed by atoms with van der Waals surface area (Å²) >= 11 is 0. The molecule has 0 bridgehead atoms. The number of rotatable bonds is 11. The minimum atomic E-state index is -4.81. The lowest BCUT2D eigenvalue weighted by Crippen LogP contribution is -2.39. The molecule has 2 aromatic carbocycles. The number of esters is 2. The molecule has 4 rings (SSSR count). The number of halogens is 6. The first kappa shape index (κ1) is 33.8. The first-order valence-corrected chi connectivity index (χ1v) is 15.2. The summed E-state index contributed by atoms with van der Waals surface area (Å²) in [6.45, 7) is 6.16. The minimum Gasteiger partial charge on any atom is -0.465 e. The van der Waals surface area contributed by atoms with Crippen LogP contribution < -0.4 is 4.74 Å². The number of nitrogens with zero attached hydrogens (tertiary/aromatic N) is 1. The number of carbonyl (C=O) groups excluding carboxylic acids is 2. The summed E-state index contributed by atoms with van der Waals surface area (Å²) < 4.78 is 92.1. The monoisotopic (exact) mass is 627 g/mol. The van der Waals surface area contributed by atoms with Gasteiger partial charge in [0, 0.05) is 6.04 Å². The second kappa shape index (κ2) is 13.9. The molecule has 1 unspecified atom stereocenters. The van der Waals surface area contributed by atoms with E-state index in [4.69, 9.17) is 9.47 Å². The van der Waals surface area contributed by atoms with E-state index in [-0.39, 0.29) is 43.7 Å². The van der Waals surface area contributed by atoms with Crippen LogP contribution in [-0.4, -0.2) is 36.5 Å². The number of carbonyl (C=O) groups is 2. The van der Waals surface area contributed by atoms with Crippen LogP contribution in [0.3, 0.4) is 0 Å². The van der Waals surface area contributed by atoms with Crippen molar-refractivity contribution in [2.24, 2.45) is 17.8 Å². The maximum atomic E-state index is 13.7. The molecule has 1 aliphatic carbocycles. The zero-order valence-corrected chi connectivity index (χ0v) is 25.1. The average Bonchev–Trinajstić information content (AvgIpc) is 3.81. The van der Waals surface area contributed by atoms with Crippen LogP contribution in [0.25, 0.3) is 0 Å². The van der Waals surface area contributed by atoms with E-state index in [1.807, 2.05) is 19.9 Å². The molecular weight excluding hydrogens is 588 g/mol. The third-order valence-electron chi connectivity index (χ3n) is 8.79.